The van der Waals surface area contributed by atoms with E-state index in [0.717, 1.165) is 25.0 Å². The van der Waals surface area contributed by atoms with Gasteiger partial charge < -0.3 is 15.9 Å². The van der Waals surface area contributed by atoms with Crippen molar-refractivity contribution in [2.24, 2.45) is 11.7 Å². The SMILES string of the molecule is CC(CO)SCCC1CCCC1(N)C(=O)O. The molecule has 5 heteroatoms. The van der Waals surface area contributed by atoms with Gasteiger partial charge in [0.05, 0.1) is 6.61 Å². The van der Waals surface area contributed by atoms with Crippen LogP contribution < -0.4 is 5.73 Å². The molecule has 0 heterocycles. The van der Waals surface area contributed by atoms with Crippen LogP contribution in [0.1, 0.15) is 32.6 Å². The van der Waals surface area contributed by atoms with Crippen LogP contribution in [-0.2, 0) is 4.79 Å². The van der Waals surface area contributed by atoms with Gasteiger partial charge in [-0.1, -0.05) is 13.3 Å². The highest BCUT2D eigenvalue weighted by molar-refractivity contribution is 7.99. The van der Waals surface area contributed by atoms with Crippen molar-refractivity contribution in [3.05, 3.63) is 0 Å². The highest BCUT2D eigenvalue weighted by atomic mass is 32.2. The Morgan fingerprint density at radius 3 is 2.94 bits per heavy atom. The first kappa shape index (κ1) is 13.8. The van der Waals surface area contributed by atoms with E-state index >= 15 is 0 Å². The maximum atomic E-state index is 11.1. The fourth-order valence-corrected chi connectivity index (χ4v) is 3.18. The minimum Gasteiger partial charge on any atom is -0.480 e. The van der Waals surface area contributed by atoms with Crippen LogP contribution in [-0.4, -0.2) is 39.3 Å². The summed E-state index contributed by atoms with van der Waals surface area (Å²) in [7, 11) is 0. The third kappa shape index (κ3) is 3.12. The van der Waals surface area contributed by atoms with E-state index in [1.54, 1.807) is 11.8 Å². The number of carboxylic acids is 1. The molecule has 1 rings (SSSR count). The summed E-state index contributed by atoms with van der Waals surface area (Å²) in [5, 5.41) is 18.2. The van der Waals surface area contributed by atoms with Gasteiger partial charge >= 0.3 is 5.97 Å². The Labute approximate surface area is 101 Å². The van der Waals surface area contributed by atoms with Gasteiger partial charge in [-0.15, -0.1) is 0 Å². The Morgan fingerprint density at radius 2 is 2.38 bits per heavy atom. The molecule has 0 aromatic rings. The molecule has 0 radical (unpaired) electrons. The molecule has 1 aliphatic carbocycles. The van der Waals surface area contributed by atoms with E-state index in [0.29, 0.717) is 6.42 Å². The number of aliphatic hydroxyl groups excluding tert-OH is 1. The third-order valence-electron chi connectivity index (χ3n) is 3.40. The van der Waals surface area contributed by atoms with Crippen molar-refractivity contribution in [3.63, 3.8) is 0 Å². The van der Waals surface area contributed by atoms with E-state index in [1.807, 2.05) is 6.92 Å². The lowest BCUT2D eigenvalue weighted by molar-refractivity contribution is -0.144. The minimum atomic E-state index is -1.01. The van der Waals surface area contributed by atoms with Crippen molar-refractivity contribution in [2.45, 2.75) is 43.4 Å². The second-order valence-electron chi connectivity index (χ2n) is 4.59. The number of hydrogen-bond donors (Lipinski definition) is 3. The predicted molar refractivity (Wildman–Crippen MR) is 65.5 cm³/mol. The predicted octanol–water partition coefficient (Wildman–Crippen LogP) is 1.07. The molecule has 16 heavy (non-hydrogen) atoms. The lowest BCUT2D eigenvalue weighted by atomic mass is 9.86. The zero-order valence-corrected chi connectivity index (χ0v) is 10.5. The van der Waals surface area contributed by atoms with Crippen LogP contribution in [0, 0.1) is 5.92 Å². The number of carbonyl (C=O) groups is 1. The number of thioether (sulfide) groups is 1. The Morgan fingerprint density at radius 1 is 1.69 bits per heavy atom. The molecule has 0 aliphatic heterocycles. The van der Waals surface area contributed by atoms with Crippen molar-refractivity contribution in [1.29, 1.82) is 0 Å². The second kappa shape index (κ2) is 5.89. The van der Waals surface area contributed by atoms with Gasteiger partial charge in [-0.3, -0.25) is 4.79 Å². The summed E-state index contributed by atoms with van der Waals surface area (Å²) in [5.74, 6) is 0.0946. The molecule has 1 fully saturated rings. The zero-order valence-electron chi connectivity index (χ0n) is 9.69. The van der Waals surface area contributed by atoms with Gasteiger partial charge in [0.1, 0.15) is 5.54 Å². The van der Waals surface area contributed by atoms with Gasteiger partial charge in [-0.2, -0.15) is 11.8 Å². The number of aliphatic hydroxyl groups is 1. The molecule has 0 spiro atoms. The fraction of sp³-hybridized carbons (Fsp3) is 0.909. The van der Waals surface area contributed by atoms with Gasteiger partial charge in [0.15, 0.2) is 0 Å². The maximum Gasteiger partial charge on any atom is 0.323 e. The molecule has 4 nitrogen and oxygen atoms in total. The normalized spacial score (nSPS) is 31.6. The molecule has 0 aromatic heterocycles. The Balaban J connectivity index is 2.39. The number of hydrogen-bond acceptors (Lipinski definition) is 4. The molecule has 3 unspecified atom stereocenters. The highest BCUT2D eigenvalue weighted by Gasteiger charge is 2.45. The molecular formula is C11H21NO3S. The second-order valence-corrected chi connectivity index (χ2v) is 6.13. The molecule has 0 aromatic carbocycles. The Hall–Kier alpha value is -0.260. The van der Waals surface area contributed by atoms with E-state index in [4.69, 9.17) is 15.9 Å². The van der Waals surface area contributed by atoms with Gasteiger partial charge in [0, 0.05) is 5.25 Å². The first-order chi connectivity index (χ1) is 7.50. The lowest BCUT2D eigenvalue weighted by Gasteiger charge is -2.26. The molecule has 3 atom stereocenters. The highest BCUT2D eigenvalue weighted by Crippen LogP contribution is 2.37. The first-order valence-corrected chi connectivity index (χ1v) is 6.80. The van der Waals surface area contributed by atoms with Crippen LogP contribution in [0.15, 0.2) is 0 Å². The first-order valence-electron chi connectivity index (χ1n) is 5.75. The quantitative estimate of drug-likeness (QED) is 0.654. The molecule has 4 N–H and O–H groups in total. The maximum absolute atomic E-state index is 11.1. The van der Waals surface area contributed by atoms with Crippen molar-refractivity contribution in [1.82, 2.24) is 0 Å². The monoisotopic (exact) mass is 247 g/mol. The molecule has 0 saturated heterocycles. The number of rotatable bonds is 6. The lowest BCUT2D eigenvalue weighted by Crippen LogP contribution is -2.51. The minimum absolute atomic E-state index is 0.0865. The van der Waals surface area contributed by atoms with Crippen molar-refractivity contribution < 1.29 is 15.0 Å². The van der Waals surface area contributed by atoms with Gasteiger partial charge in [0.2, 0.25) is 0 Å². The van der Waals surface area contributed by atoms with E-state index in [-0.39, 0.29) is 17.8 Å². The summed E-state index contributed by atoms with van der Waals surface area (Å²) in [4.78, 5) is 11.1. The van der Waals surface area contributed by atoms with Crippen LogP contribution in [0.2, 0.25) is 0 Å². The molecule has 94 valence electrons. The van der Waals surface area contributed by atoms with Crippen LogP contribution in [0.4, 0.5) is 0 Å². The average molecular weight is 247 g/mol. The summed E-state index contributed by atoms with van der Waals surface area (Å²) in [5.41, 5.74) is 4.93. The smallest absolute Gasteiger partial charge is 0.323 e. The van der Waals surface area contributed by atoms with Crippen LogP contribution >= 0.6 is 11.8 Å². The molecule has 0 amide bonds. The number of nitrogens with two attached hydrogens (primary N) is 1. The topological polar surface area (TPSA) is 83.5 Å². The van der Waals surface area contributed by atoms with E-state index in [1.165, 1.54) is 0 Å². The summed E-state index contributed by atoms with van der Waals surface area (Å²) in [6.45, 7) is 2.13. The summed E-state index contributed by atoms with van der Waals surface area (Å²) in [6, 6.07) is 0. The number of aliphatic carboxylic acids is 1. The Kier molecular flexibility index (Phi) is 5.08. The summed E-state index contributed by atoms with van der Waals surface area (Å²) >= 11 is 1.68. The molecule has 1 aliphatic rings. The largest absolute Gasteiger partial charge is 0.480 e. The van der Waals surface area contributed by atoms with Gasteiger partial charge in [-0.25, -0.2) is 0 Å². The summed E-state index contributed by atoms with van der Waals surface area (Å²) < 4.78 is 0. The zero-order chi connectivity index (χ0) is 12.2. The Bertz CT molecular complexity index is 249. The van der Waals surface area contributed by atoms with Gasteiger partial charge in [0.25, 0.3) is 0 Å². The van der Waals surface area contributed by atoms with E-state index < -0.39 is 11.5 Å². The fourth-order valence-electron chi connectivity index (χ4n) is 2.25. The van der Waals surface area contributed by atoms with Crippen molar-refractivity contribution in [2.75, 3.05) is 12.4 Å². The standard InChI is InChI=1S/C11H21NO3S/c1-8(7-13)16-6-4-9-3-2-5-11(9,12)10(14)15/h8-9,13H,2-7,12H2,1H3,(H,14,15). The van der Waals surface area contributed by atoms with Crippen LogP contribution in [0.5, 0.6) is 0 Å². The van der Waals surface area contributed by atoms with Gasteiger partial charge in [-0.05, 0) is 30.9 Å². The number of carboxylic acid groups (broad SMARTS) is 1. The third-order valence-corrected chi connectivity index (χ3v) is 4.59. The van der Waals surface area contributed by atoms with Crippen LogP contribution in [0.25, 0.3) is 0 Å². The van der Waals surface area contributed by atoms with E-state index in [2.05, 4.69) is 0 Å². The van der Waals surface area contributed by atoms with Crippen LogP contribution in [0.3, 0.4) is 0 Å². The molecule has 0 bridgehead atoms. The average Bonchev–Trinajstić information content (AvgIpc) is 2.61. The van der Waals surface area contributed by atoms with Crippen molar-refractivity contribution in [3.8, 4) is 0 Å². The van der Waals surface area contributed by atoms with Crippen molar-refractivity contribution >= 4 is 17.7 Å². The summed E-state index contributed by atoms with van der Waals surface area (Å²) in [6.07, 6.45) is 3.25. The molecular weight excluding hydrogens is 226 g/mol. The van der Waals surface area contributed by atoms with E-state index in [9.17, 15) is 4.79 Å². The molecule has 1 saturated carbocycles.